The van der Waals surface area contributed by atoms with Gasteiger partial charge in [-0.2, -0.15) is 0 Å². The first kappa shape index (κ1) is 17.1. The first-order chi connectivity index (χ1) is 11.5. The van der Waals surface area contributed by atoms with Gasteiger partial charge in [-0.25, -0.2) is 8.42 Å². The molecule has 1 fully saturated rings. The van der Waals surface area contributed by atoms with Gasteiger partial charge in [0.05, 0.1) is 0 Å². The molecule has 1 N–H and O–H groups in total. The Morgan fingerprint density at radius 3 is 2.46 bits per heavy atom. The van der Waals surface area contributed by atoms with Crippen molar-refractivity contribution >= 4 is 33.0 Å². The number of aryl methyl sites for hydroxylation is 1. The number of hydrogen-bond donors (Lipinski definition) is 1. The summed E-state index contributed by atoms with van der Waals surface area (Å²) in [4.78, 5) is 5.45. The van der Waals surface area contributed by atoms with E-state index >= 15 is 0 Å². The average molecular weight is 368 g/mol. The van der Waals surface area contributed by atoms with Crippen LogP contribution >= 0.6 is 11.3 Å². The zero-order chi connectivity index (χ0) is 17.2. The third-order valence-electron chi connectivity index (χ3n) is 3.97. The van der Waals surface area contributed by atoms with E-state index < -0.39 is 10.0 Å². The number of nitrogens with zero attached hydrogens (tertiary/aromatic N) is 4. The maximum atomic E-state index is 12.4. The van der Waals surface area contributed by atoms with Crippen LogP contribution in [-0.2, 0) is 16.4 Å². The van der Waals surface area contributed by atoms with Crippen molar-refractivity contribution < 1.29 is 8.42 Å². The summed E-state index contributed by atoms with van der Waals surface area (Å²) in [6, 6.07) is 6.92. The van der Waals surface area contributed by atoms with E-state index in [0.717, 1.165) is 43.3 Å². The predicted molar refractivity (Wildman–Crippen MR) is 96.2 cm³/mol. The Kier molecular flexibility index (Phi) is 5.02. The standard InChI is InChI=1S/C15H21N5O2S2/c1-3-12-4-7-15(23-12)24(21,22)18-13-5-6-14(17-16-13)20-10-8-19(2)9-11-20/h4-7H,3,8-11H2,1-2H3,(H,16,18). The lowest BCUT2D eigenvalue weighted by atomic mass is 10.3. The maximum Gasteiger partial charge on any atom is 0.272 e. The summed E-state index contributed by atoms with van der Waals surface area (Å²) in [5, 5.41) is 8.18. The molecule has 3 rings (SSSR count). The van der Waals surface area contributed by atoms with Crippen molar-refractivity contribution in [3.63, 3.8) is 0 Å². The van der Waals surface area contributed by atoms with Gasteiger partial charge in [0, 0.05) is 31.1 Å². The van der Waals surface area contributed by atoms with Gasteiger partial charge in [-0.3, -0.25) is 4.72 Å². The SMILES string of the molecule is CCc1ccc(S(=O)(=O)Nc2ccc(N3CCN(C)CC3)nn2)s1. The van der Waals surface area contributed by atoms with Gasteiger partial charge in [0.2, 0.25) is 0 Å². The van der Waals surface area contributed by atoms with E-state index in [1.165, 1.54) is 11.3 Å². The van der Waals surface area contributed by atoms with Crippen molar-refractivity contribution in [3.8, 4) is 0 Å². The normalized spacial score (nSPS) is 16.3. The number of thiophene rings is 1. The topological polar surface area (TPSA) is 78.4 Å². The monoisotopic (exact) mass is 367 g/mol. The number of hydrogen-bond acceptors (Lipinski definition) is 7. The molecule has 130 valence electrons. The van der Waals surface area contributed by atoms with Crippen LogP contribution in [0.3, 0.4) is 0 Å². The highest BCUT2D eigenvalue weighted by atomic mass is 32.2. The van der Waals surface area contributed by atoms with Gasteiger partial charge >= 0.3 is 0 Å². The smallest absolute Gasteiger partial charge is 0.272 e. The Hall–Kier alpha value is -1.71. The van der Waals surface area contributed by atoms with Crippen LogP contribution in [0.25, 0.3) is 0 Å². The Bertz CT molecular complexity index is 780. The lowest BCUT2D eigenvalue weighted by molar-refractivity contribution is 0.312. The second-order valence-corrected chi connectivity index (χ2v) is 8.82. The second kappa shape index (κ2) is 7.04. The maximum absolute atomic E-state index is 12.4. The van der Waals surface area contributed by atoms with Gasteiger partial charge < -0.3 is 9.80 Å². The summed E-state index contributed by atoms with van der Waals surface area (Å²) in [6.07, 6.45) is 0.819. The van der Waals surface area contributed by atoms with Crippen molar-refractivity contribution in [3.05, 3.63) is 29.1 Å². The van der Waals surface area contributed by atoms with Crippen molar-refractivity contribution in [2.75, 3.05) is 42.8 Å². The summed E-state index contributed by atoms with van der Waals surface area (Å²) in [7, 11) is -1.51. The second-order valence-electron chi connectivity index (χ2n) is 5.75. The average Bonchev–Trinajstić information content (AvgIpc) is 3.06. The molecule has 0 atom stereocenters. The summed E-state index contributed by atoms with van der Waals surface area (Å²) in [5.74, 6) is 1.01. The number of likely N-dealkylation sites (N-methyl/N-ethyl adjacent to an activating group) is 1. The predicted octanol–water partition coefficient (Wildman–Crippen LogP) is 1.65. The molecule has 7 nitrogen and oxygen atoms in total. The molecule has 2 aromatic heterocycles. The first-order valence-corrected chi connectivity index (χ1v) is 10.2. The van der Waals surface area contributed by atoms with E-state index in [1.807, 2.05) is 19.1 Å². The third kappa shape index (κ3) is 3.85. The van der Waals surface area contributed by atoms with Crippen LogP contribution in [0.5, 0.6) is 0 Å². The number of piperazine rings is 1. The Morgan fingerprint density at radius 2 is 1.88 bits per heavy atom. The molecule has 9 heteroatoms. The van der Waals surface area contributed by atoms with Crippen molar-refractivity contribution in [2.45, 2.75) is 17.6 Å². The molecule has 0 aromatic carbocycles. The Morgan fingerprint density at radius 1 is 1.12 bits per heavy atom. The summed E-state index contributed by atoms with van der Waals surface area (Å²) < 4.78 is 27.5. The van der Waals surface area contributed by atoms with Crippen molar-refractivity contribution in [2.24, 2.45) is 0 Å². The zero-order valence-corrected chi connectivity index (χ0v) is 15.4. The van der Waals surface area contributed by atoms with E-state index in [9.17, 15) is 8.42 Å². The van der Waals surface area contributed by atoms with Crippen molar-refractivity contribution in [1.29, 1.82) is 0 Å². The first-order valence-electron chi connectivity index (χ1n) is 7.86. The quantitative estimate of drug-likeness (QED) is 0.866. The molecule has 0 saturated carbocycles. The fourth-order valence-corrected chi connectivity index (χ4v) is 4.76. The highest BCUT2D eigenvalue weighted by Crippen LogP contribution is 2.24. The summed E-state index contributed by atoms with van der Waals surface area (Å²) in [5.41, 5.74) is 0. The molecule has 0 bridgehead atoms. The minimum Gasteiger partial charge on any atom is -0.353 e. The lowest BCUT2D eigenvalue weighted by Gasteiger charge is -2.32. The number of sulfonamides is 1. The molecule has 0 amide bonds. The largest absolute Gasteiger partial charge is 0.353 e. The van der Waals surface area contributed by atoms with E-state index in [1.54, 1.807) is 12.1 Å². The van der Waals surface area contributed by atoms with Crippen LogP contribution in [0.2, 0.25) is 0 Å². The molecule has 0 spiro atoms. The number of nitrogens with one attached hydrogen (secondary N) is 1. The van der Waals surface area contributed by atoms with Crippen molar-refractivity contribution in [1.82, 2.24) is 15.1 Å². The van der Waals surface area contributed by atoms with Crippen LogP contribution in [0.4, 0.5) is 11.6 Å². The summed E-state index contributed by atoms with van der Waals surface area (Å²) >= 11 is 1.27. The molecule has 24 heavy (non-hydrogen) atoms. The van der Waals surface area contributed by atoms with E-state index in [4.69, 9.17) is 0 Å². The van der Waals surface area contributed by atoms with E-state index in [0.29, 0.717) is 4.21 Å². The zero-order valence-electron chi connectivity index (χ0n) is 13.8. The minimum atomic E-state index is -3.60. The fourth-order valence-electron chi connectivity index (χ4n) is 2.46. The van der Waals surface area contributed by atoms with Gasteiger partial charge in [0.1, 0.15) is 4.21 Å². The van der Waals surface area contributed by atoms with Crippen LogP contribution in [-0.4, -0.2) is 56.7 Å². The van der Waals surface area contributed by atoms with E-state index in [-0.39, 0.29) is 5.82 Å². The Labute approximate surface area is 146 Å². The van der Waals surface area contributed by atoms with Crippen LogP contribution in [0.15, 0.2) is 28.5 Å². The van der Waals surface area contributed by atoms with Gasteiger partial charge in [-0.15, -0.1) is 21.5 Å². The molecular formula is C15H21N5O2S2. The number of anilines is 2. The van der Waals surface area contributed by atoms with Gasteiger partial charge in [-0.05, 0) is 37.7 Å². The molecular weight excluding hydrogens is 346 g/mol. The molecule has 2 aromatic rings. The molecule has 0 radical (unpaired) electrons. The molecule has 1 aliphatic rings. The fraction of sp³-hybridized carbons (Fsp3) is 0.467. The highest BCUT2D eigenvalue weighted by molar-refractivity contribution is 7.94. The van der Waals surface area contributed by atoms with Crippen LogP contribution < -0.4 is 9.62 Å². The molecule has 1 aliphatic heterocycles. The molecule has 0 unspecified atom stereocenters. The van der Waals surface area contributed by atoms with Gasteiger partial charge in [0.25, 0.3) is 10.0 Å². The van der Waals surface area contributed by atoms with Crippen LogP contribution in [0, 0.1) is 0 Å². The molecule has 3 heterocycles. The number of rotatable bonds is 5. The van der Waals surface area contributed by atoms with Gasteiger partial charge in [-0.1, -0.05) is 6.92 Å². The van der Waals surface area contributed by atoms with Crippen LogP contribution in [0.1, 0.15) is 11.8 Å². The van der Waals surface area contributed by atoms with Gasteiger partial charge in [0.15, 0.2) is 11.6 Å². The lowest BCUT2D eigenvalue weighted by Crippen LogP contribution is -2.44. The molecule has 0 aliphatic carbocycles. The number of aromatic nitrogens is 2. The third-order valence-corrected chi connectivity index (χ3v) is 7.04. The Balaban J connectivity index is 1.69. The van der Waals surface area contributed by atoms with E-state index in [2.05, 4.69) is 31.8 Å². The summed E-state index contributed by atoms with van der Waals surface area (Å²) in [6.45, 7) is 5.75. The minimum absolute atomic E-state index is 0.235. The highest BCUT2D eigenvalue weighted by Gasteiger charge is 2.19. The molecule has 1 saturated heterocycles.